The highest BCUT2D eigenvalue weighted by Crippen LogP contribution is 2.25. The number of hydrogen-bond acceptors (Lipinski definition) is 2. The van der Waals surface area contributed by atoms with Crippen molar-refractivity contribution in [2.75, 3.05) is 0 Å². The Morgan fingerprint density at radius 2 is 1.74 bits per heavy atom. The molecule has 0 saturated carbocycles. The van der Waals surface area contributed by atoms with E-state index >= 15 is 0 Å². The van der Waals surface area contributed by atoms with Crippen LogP contribution >= 0.6 is 0 Å². The van der Waals surface area contributed by atoms with Gasteiger partial charge in [0.15, 0.2) is 12.1 Å². The Hall–Kier alpha value is -2.42. The maximum atomic E-state index is 11.2. The van der Waals surface area contributed by atoms with Gasteiger partial charge >= 0.3 is 0 Å². The molecule has 0 bridgehead atoms. The molecule has 0 amide bonds. The van der Waals surface area contributed by atoms with E-state index in [4.69, 9.17) is 0 Å². The fourth-order valence-electron chi connectivity index (χ4n) is 2.43. The van der Waals surface area contributed by atoms with Gasteiger partial charge in [-0.15, -0.1) is 0 Å². The first-order valence-electron chi connectivity index (χ1n) is 6.28. The number of nitrogens with zero attached hydrogens (tertiary/aromatic N) is 2. The van der Waals surface area contributed by atoms with Gasteiger partial charge in [-0.05, 0) is 24.6 Å². The van der Waals surface area contributed by atoms with Gasteiger partial charge < -0.3 is 4.57 Å². The fourth-order valence-corrected chi connectivity index (χ4v) is 2.43. The van der Waals surface area contributed by atoms with E-state index in [1.54, 1.807) is 0 Å². The second kappa shape index (κ2) is 4.69. The third kappa shape index (κ3) is 1.93. The molecule has 19 heavy (non-hydrogen) atoms. The van der Waals surface area contributed by atoms with E-state index in [2.05, 4.69) is 24.0 Å². The molecule has 3 aromatic rings. The second-order valence-electron chi connectivity index (χ2n) is 4.53. The van der Waals surface area contributed by atoms with Crippen molar-refractivity contribution in [3.8, 4) is 0 Å². The van der Waals surface area contributed by atoms with Crippen LogP contribution < -0.4 is 0 Å². The third-order valence-electron chi connectivity index (χ3n) is 3.40. The zero-order chi connectivity index (χ0) is 13.2. The van der Waals surface area contributed by atoms with Crippen LogP contribution in [0.2, 0.25) is 0 Å². The molecule has 0 unspecified atom stereocenters. The highest BCUT2D eigenvalue weighted by molar-refractivity contribution is 5.83. The molecule has 2 aromatic carbocycles. The van der Waals surface area contributed by atoms with Gasteiger partial charge in [0.2, 0.25) is 0 Å². The normalized spacial score (nSPS) is 12.5. The van der Waals surface area contributed by atoms with Crippen LogP contribution in [0.5, 0.6) is 0 Å². The minimum atomic E-state index is 0.0776. The van der Waals surface area contributed by atoms with Crippen molar-refractivity contribution in [1.82, 2.24) is 9.55 Å². The van der Waals surface area contributed by atoms with Crippen molar-refractivity contribution in [3.63, 3.8) is 0 Å². The Labute approximate surface area is 111 Å². The number of benzene rings is 2. The van der Waals surface area contributed by atoms with Gasteiger partial charge in [-0.3, -0.25) is 4.79 Å². The topological polar surface area (TPSA) is 34.9 Å². The number of rotatable bonds is 3. The minimum absolute atomic E-state index is 0.0776. The molecule has 3 nitrogen and oxygen atoms in total. The average Bonchev–Trinajstić information content (AvgIpc) is 2.86. The van der Waals surface area contributed by atoms with Crippen LogP contribution in [-0.2, 0) is 0 Å². The summed E-state index contributed by atoms with van der Waals surface area (Å²) in [5, 5.41) is 0. The molecule has 0 radical (unpaired) electrons. The molecule has 1 aromatic heterocycles. The van der Waals surface area contributed by atoms with E-state index in [0.717, 1.165) is 22.9 Å². The van der Waals surface area contributed by atoms with E-state index in [-0.39, 0.29) is 6.04 Å². The largest absolute Gasteiger partial charge is 0.314 e. The third-order valence-corrected chi connectivity index (χ3v) is 3.40. The summed E-state index contributed by atoms with van der Waals surface area (Å²) in [6.07, 6.45) is 0.819. The van der Waals surface area contributed by atoms with E-state index in [0.29, 0.717) is 5.82 Å². The zero-order valence-electron chi connectivity index (χ0n) is 10.7. The van der Waals surface area contributed by atoms with Gasteiger partial charge in [0.25, 0.3) is 0 Å². The summed E-state index contributed by atoms with van der Waals surface area (Å²) >= 11 is 0. The summed E-state index contributed by atoms with van der Waals surface area (Å²) in [5.41, 5.74) is 3.00. The summed E-state index contributed by atoms with van der Waals surface area (Å²) in [7, 11) is 0. The molecule has 94 valence electrons. The number of imidazole rings is 1. The molecular formula is C16H14N2O. The molecule has 0 spiro atoms. The maximum Gasteiger partial charge on any atom is 0.185 e. The van der Waals surface area contributed by atoms with Crippen LogP contribution in [0.4, 0.5) is 0 Å². The van der Waals surface area contributed by atoms with Gasteiger partial charge in [0.05, 0.1) is 17.1 Å². The number of carbonyl (C=O) groups is 1. The Bertz CT molecular complexity index is 716. The molecule has 3 rings (SSSR count). The lowest BCUT2D eigenvalue weighted by molar-refractivity contribution is 0.111. The number of hydrogen-bond donors (Lipinski definition) is 0. The number of carbonyl (C=O) groups excluding carboxylic acids is 1. The van der Waals surface area contributed by atoms with Crippen molar-refractivity contribution < 1.29 is 4.79 Å². The summed E-state index contributed by atoms with van der Waals surface area (Å²) in [6.45, 7) is 2.08. The lowest BCUT2D eigenvalue weighted by Gasteiger charge is -2.16. The summed E-state index contributed by atoms with van der Waals surface area (Å²) < 4.78 is 1.98. The first kappa shape index (κ1) is 11.7. The van der Waals surface area contributed by atoms with Crippen LogP contribution in [-0.4, -0.2) is 15.8 Å². The number of fused-ring (bicyclic) bond motifs is 1. The lowest BCUT2D eigenvalue weighted by Crippen LogP contribution is -2.10. The summed E-state index contributed by atoms with van der Waals surface area (Å²) in [5.74, 6) is 0.470. The van der Waals surface area contributed by atoms with Crippen LogP contribution in [0.25, 0.3) is 11.0 Å². The minimum Gasteiger partial charge on any atom is -0.314 e. The molecule has 3 heteroatoms. The molecule has 0 fully saturated rings. The van der Waals surface area contributed by atoms with Crippen molar-refractivity contribution in [2.45, 2.75) is 13.0 Å². The number of aromatic nitrogens is 2. The summed E-state index contributed by atoms with van der Waals surface area (Å²) in [6, 6.07) is 18.0. The van der Waals surface area contributed by atoms with Crippen LogP contribution in [0.1, 0.15) is 29.1 Å². The van der Waals surface area contributed by atoms with Crippen molar-refractivity contribution >= 4 is 17.3 Å². The standard InChI is InChI=1S/C16H14N2O/c1-12(13-7-3-2-4-8-13)18-15-10-6-5-9-14(15)17-16(18)11-19/h2-12H,1H3/t12-/m1/s1. The Morgan fingerprint density at radius 1 is 1.05 bits per heavy atom. The van der Waals surface area contributed by atoms with Gasteiger partial charge in [-0.2, -0.15) is 0 Å². The molecule has 0 aliphatic carbocycles. The Balaban J connectivity index is 2.21. The second-order valence-corrected chi connectivity index (χ2v) is 4.53. The first-order valence-corrected chi connectivity index (χ1v) is 6.28. The molecule has 1 heterocycles. The number of aldehydes is 1. The van der Waals surface area contributed by atoms with Gasteiger partial charge in [-0.25, -0.2) is 4.98 Å². The predicted octanol–water partition coefficient (Wildman–Crippen LogP) is 3.46. The van der Waals surface area contributed by atoms with Gasteiger partial charge in [-0.1, -0.05) is 42.5 Å². The molecule has 0 aliphatic rings. The highest BCUT2D eigenvalue weighted by Gasteiger charge is 2.16. The van der Waals surface area contributed by atoms with Crippen LogP contribution in [0.3, 0.4) is 0 Å². The molecule has 0 aliphatic heterocycles. The van der Waals surface area contributed by atoms with E-state index < -0.39 is 0 Å². The maximum absolute atomic E-state index is 11.2. The first-order chi connectivity index (χ1) is 9.31. The fraction of sp³-hybridized carbons (Fsp3) is 0.125. The van der Waals surface area contributed by atoms with Crippen molar-refractivity contribution in [2.24, 2.45) is 0 Å². The van der Waals surface area contributed by atoms with Gasteiger partial charge in [0.1, 0.15) is 0 Å². The quantitative estimate of drug-likeness (QED) is 0.667. The smallest absolute Gasteiger partial charge is 0.185 e. The van der Waals surface area contributed by atoms with Crippen LogP contribution in [0, 0.1) is 0 Å². The Morgan fingerprint density at radius 3 is 2.47 bits per heavy atom. The monoisotopic (exact) mass is 250 g/mol. The molecule has 0 saturated heterocycles. The molecular weight excluding hydrogens is 236 g/mol. The average molecular weight is 250 g/mol. The number of para-hydroxylation sites is 2. The van der Waals surface area contributed by atoms with Crippen LogP contribution in [0.15, 0.2) is 54.6 Å². The van der Waals surface area contributed by atoms with Gasteiger partial charge in [0, 0.05) is 0 Å². The molecule has 1 atom stereocenters. The lowest BCUT2D eigenvalue weighted by atomic mass is 10.1. The summed E-state index contributed by atoms with van der Waals surface area (Å²) in [4.78, 5) is 15.6. The SMILES string of the molecule is C[C@H](c1ccccc1)n1c(C=O)nc2ccccc21. The van der Waals surface area contributed by atoms with Crippen molar-refractivity contribution in [1.29, 1.82) is 0 Å². The zero-order valence-corrected chi connectivity index (χ0v) is 10.7. The highest BCUT2D eigenvalue weighted by atomic mass is 16.1. The van der Waals surface area contributed by atoms with E-state index in [1.807, 2.05) is 47.0 Å². The van der Waals surface area contributed by atoms with E-state index in [9.17, 15) is 4.79 Å². The molecule has 0 N–H and O–H groups in total. The predicted molar refractivity (Wildman–Crippen MR) is 75.4 cm³/mol. The van der Waals surface area contributed by atoms with Crippen molar-refractivity contribution in [3.05, 3.63) is 66.0 Å². The Kier molecular flexibility index (Phi) is 2.88. The van der Waals surface area contributed by atoms with E-state index in [1.165, 1.54) is 0 Å².